The molecule has 2 aromatic heterocycles. The molecule has 0 bridgehead atoms. The predicted molar refractivity (Wildman–Crippen MR) is 241 cm³/mol. The van der Waals surface area contributed by atoms with Crippen LogP contribution in [-0.4, -0.2) is 112 Å². The molecule has 3 N–H and O–H groups in total. The number of rotatable bonds is 10. The number of esters is 2. The fourth-order valence-electron chi connectivity index (χ4n) is 8.37. The number of carbonyl (C=O) groups excluding carboxylic acids is 2. The van der Waals surface area contributed by atoms with E-state index in [1.165, 1.54) is 4.57 Å². The third-order valence-electron chi connectivity index (χ3n) is 11.5. The maximum atomic E-state index is 13.6. The summed E-state index contributed by atoms with van der Waals surface area (Å²) in [6, 6.07) is 33.4. The molecular weight excluding hydrogens is 853 g/mol. The fourth-order valence-corrected chi connectivity index (χ4v) is 8.37. The summed E-state index contributed by atoms with van der Waals surface area (Å²) in [4.78, 5) is 51.5. The zero-order valence-corrected chi connectivity index (χ0v) is 36.3. The zero-order chi connectivity index (χ0) is 46.3. The summed E-state index contributed by atoms with van der Waals surface area (Å²) >= 11 is 0. The lowest BCUT2D eigenvalue weighted by Gasteiger charge is -2.22. The SMILES string of the molecule is CCOC(=O)c1c(O)c2ccccc2n(Cc2ccccc2)c1=O.CCOC(=O)c1c(O[C@H]2CO[C@@H]3C=CO[C@H]23)c2ccccc2n(Cc2ccccc2)c1=O.O[C@@H]1CO[C@H]2[C@@H]1OC[C@@H]2O. The lowest BCUT2D eigenvalue weighted by atomic mass is 10.1. The van der Waals surface area contributed by atoms with Gasteiger partial charge in [0.25, 0.3) is 11.1 Å². The number of aromatic hydroxyl groups is 1. The highest BCUT2D eigenvalue weighted by atomic mass is 16.6. The van der Waals surface area contributed by atoms with Gasteiger partial charge in [-0.05, 0) is 55.3 Å². The molecule has 0 amide bonds. The van der Waals surface area contributed by atoms with Crippen LogP contribution in [0.15, 0.2) is 131 Å². The first-order chi connectivity index (χ1) is 32.1. The van der Waals surface area contributed by atoms with Gasteiger partial charge in [0, 0.05) is 10.8 Å². The number of benzene rings is 4. The Morgan fingerprint density at radius 1 is 0.621 bits per heavy atom. The molecule has 16 nitrogen and oxygen atoms in total. The summed E-state index contributed by atoms with van der Waals surface area (Å²) in [6.07, 6.45) is 0.736. The van der Waals surface area contributed by atoms with Crippen molar-refractivity contribution in [2.75, 3.05) is 33.0 Å². The average Bonchev–Trinajstić information content (AvgIpc) is 4.14. The highest BCUT2D eigenvalue weighted by molar-refractivity contribution is 6.00. The molecule has 0 radical (unpaired) electrons. The molecule has 7 atom stereocenters. The van der Waals surface area contributed by atoms with Crippen LogP contribution in [0.3, 0.4) is 0 Å². The van der Waals surface area contributed by atoms with Crippen molar-refractivity contribution in [1.82, 2.24) is 9.13 Å². The Bertz CT molecular complexity index is 2810. The van der Waals surface area contributed by atoms with Crippen LogP contribution < -0.4 is 15.9 Å². The van der Waals surface area contributed by atoms with E-state index in [-0.39, 0.29) is 73.5 Å². The van der Waals surface area contributed by atoms with Crippen molar-refractivity contribution in [3.8, 4) is 11.5 Å². The minimum atomic E-state index is -0.812. The maximum Gasteiger partial charge on any atom is 0.347 e. The van der Waals surface area contributed by atoms with Crippen LogP contribution in [0.2, 0.25) is 0 Å². The second-order valence-corrected chi connectivity index (χ2v) is 15.8. The molecule has 0 spiro atoms. The third kappa shape index (κ3) is 9.45. The minimum Gasteiger partial charge on any atom is -0.506 e. The third-order valence-corrected chi connectivity index (χ3v) is 11.5. The Labute approximate surface area is 378 Å². The Kier molecular flexibility index (Phi) is 14.3. The Hall–Kier alpha value is -6.82. The van der Waals surface area contributed by atoms with Crippen LogP contribution in [-0.2, 0) is 41.5 Å². The number of hydrogen-bond donors (Lipinski definition) is 3. The van der Waals surface area contributed by atoms with Crippen LogP contribution >= 0.6 is 0 Å². The van der Waals surface area contributed by atoms with Gasteiger partial charge in [-0.25, -0.2) is 9.59 Å². The number of aliphatic hydroxyl groups excluding tert-OH is 2. The Balaban J connectivity index is 0.000000152. The standard InChI is InChI=1S/C25H23NO6.C19H17NO4.C6H10O4/c1-2-29-25(28)21-22(32-20-15-31-19-12-13-30-23(19)20)17-10-6-7-11-18(17)26(24(21)27)14-16-8-4-3-5-9-16;1-2-24-19(23)16-17(21)14-10-6-7-11-15(14)20(18(16)22)12-13-8-4-3-5-9-13;7-3-1-9-6-4(8)2-10-5(3)6/h3-13,19-20,23H,2,14-15H2,1H3;3-11,21H,2,12H2,1H3;3-8H,1-2H2/t19-,20+,23+;;3-,4+,5-,6-/m1.1/s1. The summed E-state index contributed by atoms with van der Waals surface area (Å²) in [5.74, 6) is -1.65. The molecule has 3 saturated heterocycles. The topological polar surface area (TPSA) is 203 Å². The van der Waals surface area contributed by atoms with Crippen molar-refractivity contribution < 1.29 is 58.1 Å². The van der Waals surface area contributed by atoms with E-state index in [0.29, 0.717) is 41.5 Å². The minimum absolute atomic E-state index is 0.115. The summed E-state index contributed by atoms with van der Waals surface area (Å²) in [6.45, 7) is 5.11. The Morgan fingerprint density at radius 3 is 1.67 bits per heavy atom. The number of carbonyl (C=O) groups is 2. The van der Waals surface area contributed by atoms with Gasteiger partial charge in [0.1, 0.15) is 42.0 Å². The predicted octanol–water partition coefficient (Wildman–Crippen LogP) is 4.72. The first kappa shape index (κ1) is 45.7. The van der Waals surface area contributed by atoms with E-state index in [1.54, 1.807) is 48.9 Å². The van der Waals surface area contributed by atoms with E-state index in [0.717, 1.165) is 11.1 Å². The van der Waals surface area contributed by atoms with Crippen molar-refractivity contribution in [3.05, 3.63) is 164 Å². The molecule has 16 heteroatoms. The summed E-state index contributed by atoms with van der Waals surface area (Å²) in [7, 11) is 0. The second-order valence-electron chi connectivity index (χ2n) is 15.8. The lowest BCUT2D eigenvalue weighted by molar-refractivity contribution is 0.00205. The molecule has 6 aromatic rings. The van der Waals surface area contributed by atoms with E-state index in [2.05, 4.69) is 0 Å². The Morgan fingerprint density at radius 2 is 1.11 bits per heavy atom. The number of aliphatic hydroxyl groups is 2. The van der Waals surface area contributed by atoms with Gasteiger partial charge in [-0.2, -0.15) is 0 Å². The summed E-state index contributed by atoms with van der Waals surface area (Å²) in [5, 5.41) is 29.8. The number of pyridine rings is 2. The summed E-state index contributed by atoms with van der Waals surface area (Å²) < 4.78 is 41.0. The van der Waals surface area contributed by atoms with Gasteiger partial charge in [0.15, 0.2) is 23.3 Å². The largest absolute Gasteiger partial charge is 0.506 e. The van der Waals surface area contributed by atoms with Gasteiger partial charge in [-0.15, -0.1) is 0 Å². The molecule has 4 aromatic carbocycles. The van der Waals surface area contributed by atoms with Gasteiger partial charge in [0.2, 0.25) is 0 Å². The number of nitrogens with zero attached hydrogens (tertiary/aromatic N) is 2. The highest BCUT2D eigenvalue weighted by Gasteiger charge is 2.46. The molecular formula is C50H50N2O14. The van der Waals surface area contributed by atoms with Crippen LogP contribution in [0.25, 0.3) is 21.8 Å². The van der Waals surface area contributed by atoms with Gasteiger partial charge in [0.05, 0.1) is 63.4 Å². The van der Waals surface area contributed by atoms with Crippen LogP contribution in [0.1, 0.15) is 45.7 Å². The van der Waals surface area contributed by atoms with E-state index < -0.39 is 41.4 Å². The molecule has 0 saturated carbocycles. The molecule has 344 valence electrons. The van der Waals surface area contributed by atoms with Crippen molar-refractivity contribution in [2.24, 2.45) is 0 Å². The first-order valence-electron chi connectivity index (χ1n) is 21.7. The van der Waals surface area contributed by atoms with Gasteiger partial charge in [-0.1, -0.05) is 84.9 Å². The number of hydrogen-bond acceptors (Lipinski definition) is 14. The van der Waals surface area contributed by atoms with Gasteiger partial charge < -0.3 is 57.6 Å². The van der Waals surface area contributed by atoms with E-state index in [9.17, 15) is 24.3 Å². The van der Waals surface area contributed by atoms with E-state index in [4.69, 9.17) is 43.4 Å². The van der Waals surface area contributed by atoms with Crippen LogP contribution in [0, 0.1) is 0 Å². The maximum absolute atomic E-state index is 13.6. The molecule has 4 aliphatic heterocycles. The van der Waals surface area contributed by atoms with Crippen molar-refractivity contribution >= 4 is 33.7 Å². The van der Waals surface area contributed by atoms with Gasteiger partial charge >= 0.3 is 11.9 Å². The number of ether oxygens (including phenoxy) is 7. The van der Waals surface area contributed by atoms with Crippen LogP contribution in [0.5, 0.6) is 11.5 Å². The molecule has 10 rings (SSSR count). The molecule has 0 aliphatic carbocycles. The number of para-hydroxylation sites is 2. The first-order valence-corrected chi connectivity index (χ1v) is 21.7. The van der Waals surface area contributed by atoms with Gasteiger partial charge in [-0.3, -0.25) is 9.59 Å². The quantitative estimate of drug-likeness (QED) is 0.159. The van der Waals surface area contributed by atoms with Crippen LogP contribution in [0.4, 0.5) is 0 Å². The van der Waals surface area contributed by atoms with E-state index >= 15 is 0 Å². The molecule has 6 heterocycles. The highest BCUT2D eigenvalue weighted by Crippen LogP contribution is 2.34. The molecule has 66 heavy (non-hydrogen) atoms. The normalized spacial score (nSPS) is 22.3. The molecule has 4 aliphatic rings. The molecule has 3 fully saturated rings. The van der Waals surface area contributed by atoms with Crippen molar-refractivity contribution in [3.63, 3.8) is 0 Å². The number of fused-ring (bicyclic) bond motifs is 4. The smallest absolute Gasteiger partial charge is 0.347 e. The second kappa shape index (κ2) is 20.6. The molecule has 0 unspecified atom stereocenters. The average molecular weight is 903 g/mol. The lowest BCUT2D eigenvalue weighted by Crippen LogP contribution is -2.35. The zero-order valence-electron chi connectivity index (χ0n) is 36.3. The summed E-state index contributed by atoms with van der Waals surface area (Å²) in [5.41, 5.74) is 1.64. The number of aromatic nitrogens is 2. The van der Waals surface area contributed by atoms with Crippen molar-refractivity contribution in [1.29, 1.82) is 0 Å². The van der Waals surface area contributed by atoms with E-state index in [1.807, 2.05) is 91.0 Å². The monoisotopic (exact) mass is 902 g/mol. The fraction of sp³-hybridized carbons (Fsp3) is 0.320. The van der Waals surface area contributed by atoms with Crippen molar-refractivity contribution in [2.45, 2.75) is 69.7 Å².